The summed E-state index contributed by atoms with van der Waals surface area (Å²) < 4.78 is 36.3. The van der Waals surface area contributed by atoms with Crippen LogP contribution < -0.4 is 5.32 Å². The second-order valence-corrected chi connectivity index (χ2v) is 3.34. The summed E-state index contributed by atoms with van der Waals surface area (Å²) in [6.07, 6.45) is -2.82. The van der Waals surface area contributed by atoms with Crippen LogP contribution >= 0.6 is 0 Å². The van der Waals surface area contributed by atoms with Crippen molar-refractivity contribution in [3.8, 4) is 0 Å². The number of nitrogens with one attached hydrogen (secondary N) is 1. The molecular weight excluding hydrogens is 193 g/mol. The van der Waals surface area contributed by atoms with Crippen LogP contribution in [-0.2, 0) is 0 Å². The van der Waals surface area contributed by atoms with Gasteiger partial charge in [0.05, 0.1) is 0 Å². The van der Waals surface area contributed by atoms with E-state index in [0.29, 0.717) is 11.3 Å². The van der Waals surface area contributed by atoms with Crippen LogP contribution in [0.3, 0.4) is 0 Å². The van der Waals surface area contributed by atoms with Gasteiger partial charge in [0.15, 0.2) is 0 Å². The molecule has 0 fully saturated rings. The normalized spacial score (nSPS) is 14.8. The standard InChI is InChI=1S/C9H19F3N2/c1-4-8(13-5-2)6-7-14(3)9(10,11)12/h8,13H,4-7H2,1-3H3. The van der Waals surface area contributed by atoms with Crippen molar-refractivity contribution in [3.63, 3.8) is 0 Å². The number of rotatable bonds is 6. The number of nitrogens with zero attached hydrogens (tertiary/aromatic N) is 1. The molecule has 1 N–H and O–H groups in total. The Bertz CT molecular complexity index is 147. The van der Waals surface area contributed by atoms with E-state index in [1.54, 1.807) is 0 Å². The maximum atomic E-state index is 12.1. The largest absolute Gasteiger partial charge is 0.459 e. The molecule has 0 saturated heterocycles. The minimum atomic E-state index is -4.20. The van der Waals surface area contributed by atoms with Crippen LogP contribution in [0.4, 0.5) is 13.2 Å². The second-order valence-electron chi connectivity index (χ2n) is 3.34. The van der Waals surface area contributed by atoms with E-state index >= 15 is 0 Å². The van der Waals surface area contributed by atoms with Crippen LogP contribution in [0, 0.1) is 0 Å². The van der Waals surface area contributed by atoms with Gasteiger partial charge in [-0.15, -0.1) is 0 Å². The van der Waals surface area contributed by atoms with Gasteiger partial charge >= 0.3 is 6.30 Å². The summed E-state index contributed by atoms with van der Waals surface area (Å²) in [5, 5.41) is 3.15. The highest BCUT2D eigenvalue weighted by Gasteiger charge is 2.33. The van der Waals surface area contributed by atoms with Gasteiger partial charge in [0.25, 0.3) is 0 Å². The van der Waals surface area contributed by atoms with E-state index in [2.05, 4.69) is 5.32 Å². The molecule has 86 valence electrons. The molecule has 0 aliphatic heterocycles. The van der Waals surface area contributed by atoms with Gasteiger partial charge in [0.2, 0.25) is 0 Å². The third-order valence-electron chi connectivity index (χ3n) is 2.23. The Balaban J connectivity index is 3.79. The first-order valence-electron chi connectivity index (χ1n) is 4.93. The molecule has 0 radical (unpaired) electrons. The first kappa shape index (κ1) is 13.7. The molecule has 0 aromatic carbocycles. The predicted octanol–water partition coefficient (Wildman–Crippen LogP) is 2.22. The Kier molecular flexibility index (Phi) is 6.11. The quantitative estimate of drug-likeness (QED) is 0.679. The lowest BCUT2D eigenvalue weighted by Crippen LogP contribution is -2.38. The van der Waals surface area contributed by atoms with E-state index in [9.17, 15) is 13.2 Å². The Morgan fingerprint density at radius 2 is 1.86 bits per heavy atom. The van der Waals surface area contributed by atoms with E-state index < -0.39 is 6.30 Å². The Morgan fingerprint density at radius 1 is 1.29 bits per heavy atom. The minimum absolute atomic E-state index is 0.0506. The molecule has 0 aliphatic rings. The molecule has 0 aliphatic carbocycles. The molecule has 0 aromatic rings. The van der Waals surface area contributed by atoms with Crippen molar-refractivity contribution in [3.05, 3.63) is 0 Å². The van der Waals surface area contributed by atoms with E-state index in [1.165, 1.54) is 0 Å². The monoisotopic (exact) mass is 212 g/mol. The van der Waals surface area contributed by atoms with Gasteiger partial charge < -0.3 is 5.32 Å². The zero-order valence-electron chi connectivity index (χ0n) is 8.99. The van der Waals surface area contributed by atoms with Crippen molar-refractivity contribution < 1.29 is 13.2 Å². The molecule has 0 bridgehead atoms. The highest BCUT2D eigenvalue weighted by atomic mass is 19.4. The molecular formula is C9H19F3N2. The summed E-state index contributed by atoms with van der Waals surface area (Å²) in [4.78, 5) is 0.424. The van der Waals surface area contributed by atoms with Crippen LogP contribution in [0.15, 0.2) is 0 Å². The van der Waals surface area contributed by atoms with Crippen molar-refractivity contribution in [1.82, 2.24) is 10.2 Å². The van der Waals surface area contributed by atoms with Crippen molar-refractivity contribution in [1.29, 1.82) is 0 Å². The van der Waals surface area contributed by atoms with Crippen LogP contribution in [0.2, 0.25) is 0 Å². The number of hydrogen-bond donors (Lipinski definition) is 1. The topological polar surface area (TPSA) is 15.3 Å². The molecule has 0 heterocycles. The average molecular weight is 212 g/mol. The SMILES string of the molecule is CCNC(CC)CCN(C)C(F)(F)F. The smallest absolute Gasteiger partial charge is 0.314 e. The van der Waals surface area contributed by atoms with E-state index in [0.717, 1.165) is 20.0 Å². The van der Waals surface area contributed by atoms with Crippen LogP contribution in [0.1, 0.15) is 26.7 Å². The van der Waals surface area contributed by atoms with E-state index in [4.69, 9.17) is 0 Å². The molecule has 0 spiro atoms. The van der Waals surface area contributed by atoms with Crippen LogP contribution in [0.5, 0.6) is 0 Å². The van der Waals surface area contributed by atoms with Crippen molar-refractivity contribution in [2.45, 2.75) is 39.0 Å². The summed E-state index contributed by atoms with van der Waals surface area (Å²) in [5.74, 6) is 0. The molecule has 0 aromatic heterocycles. The van der Waals surface area contributed by atoms with Crippen molar-refractivity contribution in [2.24, 2.45) is 0 Å². The second kappa shape index (κ2) is 6.24. The molecule has 1 atom stereocenters. The molecule has 0 rings (SSSR count). The Hall–Kier alpha value is -0.290. The number of alkyl halides is 3. The molecule has 1 unspecified atom stereocenters. The molecule has 0 amide bonds. The van der Waals surface area contributed by atoms with Crippen LogP contribution in [0.25, 0.3) is 0 Å². The van der Waals surface area contributed by atoms with Crippen molar-refractivity contribution in [2.75, 3.05) is 20.1 Å². The van der Waals surface area contributed by atoms with Gasteiger partial charge in [-0.1, -0.05) is 13.8 Å². The fraction of sp³-hybridized carbons (Fsp3) is 1.00. The maximum Gasteiger partial charge on any atom is 0.459 e. The third kappa shape index (κ3) is 5.44. The highest BCUT2D eigenvalue weighted by Crippen LogP contribution is 2.19. The number of hydrogen-bond acceptors (Lipinski definition) is 2. The Morgan fingerprint density at radius 3 is 2.21 bits per heavy atom. The first-order chi connectivity index (χ1) is 6.41. The summed E-state index contributed by atoms with van der Waals surface area (Å²) >= 11 is 0. The fourth-order valence-corrected chi connectivity index (χ4v) is 1.22. The lowest BCUT2D eigenvalue weighted by atomic mass is 10.1. The van der Waals surface area contributed by atoms with Crippen LogP contribution in [-0.4, -0.2) is 37.4 Å². The minimum Gasteiger partial charge on any atom is -0.314 e. The summed E-state index contributed by atoms with van der Waals surface area (Å²) in [6.45, 7) is 4.78. The van der Waals surface area contributed by atoms with Gasteiger partial charge in [-0.25, -0.2) is 4.90 Å². The fourth-order valence-electron chi connectivity index (χ4n) is 1.22. The van der Waals surface area contributed by atoms with Gasteiger partial charge in [-0.2, -0.15) is 13.2 Å². The zero-order chi connectivity index (χ0) is 11.2. The van der Waals surface area contributed by atoms with Crippen molar-refractivity contribution >= 4 is 0 Å². The third-order valence-corrected chi connectivity index (χ3v) is 2.23. The molecule has 0 saturated carbocycles. The molecule has 14 heavy (non-hydrogen) atoms. The lowest BCUT2D eigenvalue weighted by molar-refractivity contribution is -0.236. The summed E-state index contributed by atoms with van der Waals surface area (Å²) in [7, 11) is 1.08. The van der Waals surface area contributed by atoms with Gasteiger partial charge in [-0.3, -0.25) is 0 Å². The predicted molar refractivity (Wildman–Crippen MR) is 51.1 cm³/mol. The first-order valence-corrected chi connectivity index (χ1v) is 4.93. The van der Waals surface area contributed by atoms with E-state index in [1.807, 2.05) is 13.8 Å². The maximum absolute atomic E-state index is 12.1. The van der Waals surface area contributed by atoms with Gasteiger partial charge in [0, 0.05) is 12.6 Å². The van der Waals surface area contributed by atoms with Gasteiger partial charge in [0.1, 0.15) is 0 Å². The summed E-state index contributed by atoms with van der Waals surface area (Å²) in [6, 6.07) is 0.185. The van der Waals surface area contributed by atoms with Gasteiger partial charge in [-0.05, 0) is 26.4 Å². The summed E-state index contributed by atoms with van der Waals surface area (Å²) in [5.41, 5.74) is 0. The lowest BCUT2D eigenvalue weighted by Gasteiger charge is -2.23. The van der Waals surface area contributed by atoms with E-state index in [-0.39, 0.29) is 12.6 Å². The highest BCUT2D eigenvalue weighted by molar-refractivity contribution is 4.66. The molecule has 5 heteroatoms. The molecule has 2 nitrogen and oxygen atoms in total. The average Bonchev–Trinajstić information content (AvgIpc) is 2.10. The number of halogens is 3. The zero-order valence-corrected chi connectivity index (χ0v) is 8.99. The Labute approximate surface area is 83.5 Å².